The van der Waals surface area contributed by atoms with Crippen molar-refractivity contribution in [2.24, 2.45) is 0 Å². The Balaban J connectivity index is 1.87. The summed E-state index contributed by atoms with van der Waals surface area (Å²) in [5, 5.41) is 5.66. The van der Waals surface area contributed by atoms with E-state index in [0.717, 1.165) is 16.9 Å². The lowest BCUT2D eigenvalue weighted by Gasteiger charge is -2.09. The smallest absolute Gasteiger partial charge is 0.248 e. The minimum atomic E-state index is -0.214. The van der Waals surface area contributed by atoms with Crippen molar-refractivity contribution in [2.75, 3.05) is 11.9 Å². The number of benzene rings is 2. The van der Waals surface area contributed by atoms with E-state index < -0.39 is 0 Å². The first-order valence-corrected chi connectivity index (χ1v) is 9.06. The molecule has 0 spiro atoms. The van der Waals surface area contributed by atoms with Crippen molar-refractivity contribution in [1.29, 1.82) is 0 Å². The molecule has 0 atom stereocenters. The molecule has 0 heterocycles. The molecule has 2 aromatic carbocycles. The Kier molecular flexibility index (Phi) is 7.62. The quantitative estimate of drug-likeness (QED) is 0.698. The van der Waals surface area contributed by atoms with Gasteiger partial charge < -0.3 is 15.4 Å². The lowest BCUT2D eigenvalue weighted by Crippen LogP contribution is -2.31. The van der Waals surface area contributed by atoms with Gasteiger partial charge in [0.15, 0.2) is 0 Å². The monoisotopic (exact) mass is 366 g/mol. The fraction of sp³-hybridized carbons (Fsp3) is 0.273. The maximum atomic E-state index is 12.1. The molecule has 2 N–H and O–H groups in total. The summed E-state index contributed by atoms with van der Waals surface area (Å²) >= 11 is 0. The molecule has 5 heteroatoms. The second kappa shape index (κ2) is 10.2. The Morgan fingerprint density at radius 3 is 2.30 bits per heavy atom. The van der Waals surface area contributed by atoms with Gasteiger partial charge in [-0.05, 0) is 62.2 Å². The Bertz CT molecular complexity index is 778. The van der Waals surface area contributed by atoms with Crippen molar-refractivity contribution in [3.05, 3.63) is 65.7 Å². The second-order valence-corrected chi connectivity index (χ2v) is 6.42. The van der Waals surface area contributed by atoms with Gasteiger partial charge in [0.2, 0.25) is 11.8 Å². The molecule has 2 rings (SSSR count). The first kappa shape index (κ1) is 20.2. The summed E-state index contributed by atoms with van der Waals surface area (Å²) in [4.78, 5) is 23.8. The molecule has 0 saturated heterocycles. The number of carbonyl (C=O) groups is 2. The van der Waals surface area contributed by atoms with Crippen LogP contribution in [-0.4, -0.2) is 24.5 Å². The van der Waals surface area contributed by atoms with Gasteiger partial charge in [0, 0.05) is 17.8 Å². The molecule has 0 aliphatic heterocycles. The lowest BCUT2D eigenvalue weighted by molar-refractivity contribution is -0.121. The molecule has 27 heavy (non-hydrogen) atoms. The topological polar surface area (TPSA) is 67.4 Å². The average Bonchev–Trinajstić information content (AvgIpc) is 2.62. The first-order valence-electron chi connectivity index (χ1n) is 9.06. The van der Waals surface area contributed by atoms with Crippen LogP contribution in [0.2, 0.25) is 0 Å². The van der Waals surface area contributed by atoms with Crippen molar-refractivity contribution >= 4 is 23.6 Å². The summed E-state index contributed by atoms with van der Waals surface area (Å²) in [6, 6.07) is 14.9. The van der Waals surface area contributed by atoms with Gasteiger partial charge in [0.25, 0.3) is 0 Å². The van der Waals surface area contributed by atoms with Crippen LogP contribution in [-0.2, 0) is 16.0 Å². The number of ether oxygens (including phenoxy) is 1. The number of hydrogen-bond donors (Lipinski definition) is 2. The normalized spacial score (nSPS) is 10.8. The zero-order chi connectivity index (χ0) is 19.6. The molecular formula is C22H26N2O3. The number of anilines is 1. The summed E-state index contributed by atoms with van der Waals surface area (Å²) in [6.07, 6.45) is 3.55. The molecule has 0 aromatic heterocycles. The molecule has 0 unspecified atom stereocenters. The number of rotatable bonds is 8. The zero-order valence-corrected chi connectivity index (χ0v) is 16.0. The highest BCUT2D eigenvalue weighted by atomic mass is 16.5. The van der Waals surface area contributed by atoms with Crippen molar-refractivity contribution < 1.29 is 14.3 Å². The van der Waals surface area contributed by atoms with Crippen LogP contribution in [0.1, 0.15) is 31.9 Å². The summed E-state index contributed by atoms with van der Waals surface area (Å²) in [6.45, 7) is 6.42. The van der Waals surface area contributed by atoms with Gasteiger partial charge in [-0.1, -0.05) is 24.3 Å². The van der Waals surface area contributed by atoms with E-state index in [-0.39, 0.29) is 17.9 Å². The van der Waals surface area contributed by atoms with Gasteiger partial charge in [-0.15, -0.1) is 0 Å². The summed E-state index contributed by atoms with van der Waals surface area (Å²) in [7, 11) is 0. The van der Waals surface area contributed by atoms with Gasteiger partial charge in [-0.3, -0.25) is 9.59 Å². The van der Waals surface area contributed by atoms with E-state index in [0.29, 0.717) is 18.7 Å². The Labute approximate surface area is 160 Å². The molecule has 2 aromatic rings. The van der Waals surface area contributed by atoms with Crippen molar-refractivity contribution in [2.45, 2.75) is 33.2 Å². The molecule has 142 valence electrons. The van der Waals surface area contributed by atoms with Crippen LogP contribution in [0.4, 0.5) is 5.69 Å². The van der Waals surface area contributed by atoms with Crippen LogP contribution in [0.5, 0.6) is 5.75 Å². The summed E-state index contributed by atoms with van der Waals surface area (Å²) in [5.74, 6) is 0.579. The third-order valence-corrected chi connectivity index (χ3v) is 3.65. The van der Waals surface area contributed by atoms with Crippen LogP contribution in [0.15, 0.2) is 54.6 Å². The van der Waals surface area contributed by atoms with E-state index in [1.165, 1.54) is 6.08 Å². The minimum Gasteiger partial charge on any atom is -0.494 e. The number of carbonyl (C=O) groups excluding carboxylic acids is 2. The third kappa shape index (κ3) is 7.36. The fourth-order valence-corrected chi connectivity index (χ4v) is 2.46. The van der Waals surface area contributed by atoms with Crippen molar-refractivity contribution in [1.82, 2.24) is 5.32 Å². The fourth-order valence-electron chi connectivity index (χ4n) is 2.46. The second-order valence-electron chi connectivity index (χ2n) is 6.42. The molecule has 0 bridgehead atoms. The Morgan fingerprint density at radius 2 is 1.70 bits per heavy atom. The minimum absolute atomic E-state index is 0.0138. The maximum Gasteiger partial charge on any atom is 0.248 e. The SMILES string of the molecule is CCOc1ccc(/C=C/C(=O)Nc2ccc(CC(=O)NC(C)C)cc2)cc1. The molecule has 0 radical (unpaired) electrons. The third-order valence-electron chi connectivity index (χ3n) is 3.65. The van der Waals surface area contributed by atoms with Gasteiger partial charge in [0.05, 0.1) is 13.0 Å². The summed E-state index contributed by atoms with van der Waals surface area (Å²) < 4.78 is 5.39. The molecule has 0 saturated carbocycles. The molecule has 5 nitrogen and oxygen atoms in total. The van der Waals surface area contributed by atoms with E-state index in [9.17, 15) is 9.59 Å². The largest absolute Gasteiger partial charge is 0.494 e. The molecule has 0 fully saturated rings. The number of amides is 2. The zero-order valence-electron chi connectivity index (χ0n) is 16.0. The van der Waals surface area contributed by atoms with Crippen LogP contribution >= 0.6 is 0 Å². The van der Waals surface area contributed by atoms with Gasteiger partial charge in [-0.25, -0.2) is 0 Å². The van der Waals surface area contributed by atoms with Gasteiger partial charge in [0.1, 0.15) is 5.75 Å². The Hall–Kier alpha value is -3.08. The van der Waals surface area contributed by atoms with E-state index in [2.05, 4.69) is 10.6 Å². The van der Waals surface area contributed by atoms with E-state index in [1.807, 2.05) is 57.2 Å². The van der Waals surface area contributed by atoms with Crippen LogP contribution in [0.3, 0.4) is 0 Å². The van der Waals surface area contributed by atoms with E-state index >= 15 is 0 Å². The van der Waals surface area contributed by atoms with E-state index in [4.69, 9.17) is 4.74 Å². The van der Waals surface area contributed by atoms with Gasteiger partial charge >= 0.3 is 0 Å². The summed E-state index contributed by atoms with van der Waals surface area (Å²) in [5.41, 5.74) is 2.50. The highest BCUT2D eigenvalue weighted by molar-refractivity contribution is 6.01. The van der Waals surface area contributed by atoms with Crippen LogP contribution in [0, 0.1) is 0 Å². The van der Waals surface area contributed by atoms with Crippen molar-refractivity contribution in [3.8, 4) is 5.75 Å². The molecule has 0 aliphatic carbocycles. The van der Waals surface area contributed by atoms with Crippen LogP contribution < -0.4 is 15.4 Å². The number of hydrogen-bond acceptors (Lipinski definition) is 3. The van der Waals surface area contributed by atoms with E-state index in [1.54, 1.807) is 18.2 Å². The van der Waals surface area contributed by atoms with Crippen LogP contribution in [0.25, 0.3) is 6.08 Å². The number of nitrogens with one attached hydrogen (secondary N) is 2. The first-order chi connectivity index (χ1) is 13.0. The molecular weight excluding hydrogens is 340 g/mol. The predicted octanol–water partition coefficient (Wildman–Crippen LogP) is 3.80. The highest BCUT2D eigenvalue weighted by Crippen LogP contribution is 2.14. The Morgan fingerprint density at radius 1 is 1.04 bits per heavy atom. The maximum absolute atomic E-state index is 12.1. The lowest BCUT2D eigenvalue weighted by atomic mass is 10.1. The molecule has 2 amide bonds. The van der Waals surface area contributed by atoms with Gasteiger partial charge in [-0.2, -0.15) is 0 Å². The average molecular weight is 366 g/mol. The highest BCUT2D eigenvalue weighted by Gasteiger charge is 2.05. The standard InChI is InChI=1S/C22H26N2O3/c1-4-27-20-12-7-17(8-13-20)9-14-21(25)24-19-10-5-18(6-11-19)15-22(26)23-16(2)3/h5-14,16H,4,15H2,1-3H3,(H,23,26)(H,24,25)/b14-9+. The molecule has 0 aliphatic rings. The van der Waals surface area contributed by atoms with Crippen molar-refractivity contribution in [3.63, 3.8) is 0 Å². The predicted molar refractivity (Wildman–Crippen MR) is 109 cm³/mol.